The van der Waals surface area contributed by atoms with E-state index in [1.807, 2.05) is 6.92 Å². The van der Waals surface area contributed by atoms with Gasteiger partial charge in [0.05, 0.1) is 6.42 Å². The number of methoxy groups -OCH3 is 1. The van der Waals surface area contributed by atoms with E-state index in [-0.39, 0.29) is 12.3 Å². The van der Waals surface area contributed by atoms with Crippen molar-refractivity contribution in [3.05, 3.63) is 12.7 Å². The van der Waals surface area contributed by atoms with Crippen LogP contribution in [0.1, 0.15) is 27.2 Å². The van der Waals surface area contributed by atoms with Gasteiger partial charge in [0.25, 0.3) is 0 Å². The molecule has 148 valence electrons. The first-order chi connectivity index (χ1) is 12.2. The van der Waals surface area contributed by atoms with E-state index in [9.17, 15) is 14.4 Å². The summed E-state index contributed by atoms with van der Waals surface area (Å²) in [6.45, 7) is 7.90. The van der Waals surface area contributed by atoms with Gasteiger partial charge >= 0.3 is 17.9 Å². The molecule has 1 fully saturated rings. The molecule has 8 nitrogen and oxygen atoms in total. The molecule has 0 saturated carbocycles. The lowest BCUT2D eigenvalue weighted by molar-refractivity contribution is -0.293. The zero-order valence-corrected chi connectivity index (χ0v) is 17.5. The Hall–Kier alpha value is -1.20. The number of hydrogen-bond acceptors (Lipinski definition) is 8. The molecule has 26 heavy (non-hydrogen) atoms. The summed E-state index contributed by atoms with van der Waals surface area (Å²) in [4.78, 5) is 35.3. The second-order valence-electron chi connectivity index (χ2n) is 5.95. The van der Waals surface area contributed by atoms with E-state index in [1.165, 1.54) is 21.0 Å². The maximum atomic E-state index is 12.2. The number of carbonyl (C=O) groups excluding carboxylic acids is 3. The third kappa shape index (κ3) is 6.51. The van der Waals surface area contributed by atoms with Crippen LogP contribution in [-0.2, 0) is 38.1 Å². The lowest BCUT2D eigenvalue weighted by Gasteiger charge is -2.43. The van der Waals surface area contributed by atoms with Crippen molar-refractivity contribution in [1.82, 2.24) is 0 Å². The molecule has 1 rings (SSSR count). The molecule has 6 atom stereocenters. The number of ether oxygens (including phenoxy) is 5. The van der Waals surface area contributed by atoms with Crippen LogP contribution < -0.4 is 0 Å². The Morgan fingerprint density at radius 2 is 1.69 bits per heavy atom. The fourth-order valence-electron chi connectivity index (χ4n) is 2.52. The lowest BCUT2D eigenvalue weighted by atomic mass is 9.98. The second-order valence-corrected chi connectivity index (χ2v) is 6.83. The zero-order valence-electron chi connectivity index (χ0n) is 15.3. The SMILES string of the molecule is C=C[C@@H](C)CC(=O)O[C@H]1[C@H](OC(C)=O)[C@@H](OC(C)=O)[C@@H](OC)O[C@@H]1CI. The van der Waals surface area contributed by atoms with E-state index < -0.39 is 48.6 Å². The molecule has 0 radical (unpaired) electrons. The Morgan fingerprint density at radius 1 is 1.12 bits per heavy atom. The van der Waals surface area contributed by atoms with Gasteiger partial charge in [0.15, 0.2) is 24.6 Å². The molecule has 1 aliphatic rings. The standard InChI is InChI=1S/C17H25IO8/c1-6-9(2)7-13(21)26-14-12(8-18)25-17(22-5)16(24-11(4)20)15(14)23-10(3)19/h6,9,12,14-17H,1,7-8H2,2-5H3/t9-,12-,14-,15+,16-,17+/m1/s1. The average molecular weight is 484 g/mol. The van der Waals surface area contributed by atoms with Crippen molar-refractivity contribution in [2.24, 2.45) is 5.92 Å². The van der Waals surface area contributed by atoms with Gasteiger partial charge in [0.2, 0.25) is 0 Å². The van der Waals surface area contributed by atoms with Gasteiger partial charge in [-0.25, -0.2) is 0 Å². The molecule has 0 unspecified atom stereocenters. The summed E-state index contributed by atoms with van der Waals surface area (Å²) >= 11 is 2.07. The van der Waals surface area contributed by atoms with Gasteiger partial charge in [-0.2, -0.15) is 0 Å². The second kappa shape index (κ2) is 10.8. The van der Waals surface area contributed by atoms with E-state index >= 15 is 0 Å². The Morgan fingerprint density at radius 3 is 2.15 bits per heavy atom. The number of esters is 3. The summed E-state index contributed by atoms with van der Waals surface area (Å²) in [5.41, 5.74) is 0. The Balaban J connectivity index is 3.12. The minimum atomic E-state index is -1.06. The largest absolute Gasteiger partial charge is 0.455 e. The topological polar surface area (TPSA) is 97.4 Å². The summed E-state index contributed by atoms with van der Waals surface area (Å²) in [7, 11) is 1.38. The molecule has 9 heteroatoms. The van der Waals surface area contributed by atoms with Crippen LogP contribution in [0.25, 0.3) is 0 Å². The van der Waals surface area contributed by atoms with E-state index in [2.05, 4.69) is 29.2 Å². The Kier molecular flexibility index (Phi) is 9.51. The van der Waals surface area contributed by atoms with Crippen molar-refractivity contribution in [3.8, 4) is 0 Å². The Bertz CT molecular complexity index is 523. The summed E-state index contributed by atoms with van der Waals surface area (Å²) in [5, 5.41) is 0. The number of hydrogen-bond donors (Lipinski definition) is 0. The van der Waals surface area contributed by atoms with Crippen LogP contribution in [0.3, 0.4) is 0 Å². The molecular formula is C17H25IO8. The van der Waals surface area contributed by atoms with Gasteiger partial charge in [0, 0.05) is 25.4 Å². The minimum Gasteiger partial charge on any atom is -0.455 e. The molecule has 0 aromatic carbocycles. The first-order valence-electron chi connectivity index (χ1n) is 8.14. The van der Waals surface area contributed by atoms with Gasteiger partial charge < -0.3 is 23.7 Å². The minimum absolute atomic E-state index is 0.0757. The predicted molar refractivity (Wildman–Crippen MR) is 99.5 cm³/mol. The van der Waals surface area contributed by atoms with E-state index in [1.54, 1.807) is 6.08 Å². The summed E-state index contributed by atoms with van der Waals surface area (Å²) in [5.74, 6) is -1.77. The summed E-state index contributed by atoms with van der Waals surface area (Å²) < 4.78 is 27.6. The number of halogens is 1. The van der Waals surface area contributed by atoms with Gasteiger partial charge in [-0.1, -0.05) is 35.6 Å². The van der Waals surface area contributed by atoms with Gasteiger partial charge in [-0.3, -0.25) is 14.4 Å². The van der Waals surface area contributed by atoms with Crippen molar-refractivity contribution in [2.45, 2.75) is 57.9 Å². The van der Waals surface area contributed by atoms with Crippen LogP contribution in [0.5, 0.6) is 0 Å². The highest BCUT2D eigenvalue weighted by molar-refractivity contribution is 14.1. The van der Waals surface area contributed by atoms with E-state index in [4.69, 9.17) is 23.7 Å². The predicted octanol–water partition coefficient (Wildman–Crippen LogP) is 1.78. The number of rotatable bonds is 8. The van der Waals surface area contributed by atoms with Gasteiger partial charge in [-0.15, -0.1) is 6.58 Å². The third-order valence-corrected chi connectivity index (χ3v) is 4.61. The Labute approximate surface area is 166 Å². The lowest BCUT2D eigenvalue weighted by Crippen LogP contribution is -2.62. The van der Waals surface area contributed by atoms with Crippen LogP contribution in [0, 0.1) is 5.92 Å². The molecular weight excluding hydrogens is 459 g/mol. The molecule has 0 N–H and O–H groups in total. The molecule has 0 spiro atoms. The molecule has 0 aromatic rings. The van der Waals surface area contributed by atoms with Crippen LogP contribution in [0.2, 0.25) is 0 Å². The van der Waals surface area contributed by atoms with Crippen molar-refractivity contribution >= 4 is 40.5 Å². The number of alkyl halides is 1. The molecule has 0 amide bonds. The molecule has 0 aliphatic carbocycles. The van der Waals surface area contributed by atoms with Crippen LogP contribution >= 0.6 is 22.6 Å². The number of carbonyl (C=O) groups is 3. The van der Waals surface area contributed by atoms with E-state index in [0.29, 0.717) is 4.43 Å². The zero-order chi connectivity index (χ0) is 19.9. The first kappa shape index (κ1) is 22.8. The van der Waals surface area contributed by atoms with Crippen molar-refractivity contribution in [1.29, 1.82) is 0 Å². The van der Waals surface area contributed by atoms with Gasteiger partial charge in [0.1, 0.15) is 6.10 Å². The fourth-order valence-corrected chi connectivity index (χ4v) is 3.23. The molecule has 1 saturated heterocycles. The highest BCUT2D eigenvalue weighted by atomic mass is 127. The highest BCUT2D eigenvalue weighted by Crippen LogP contribution is 2.30. The molecule has 1 heterocycles. The quantitative estimate of drug-likeness (QED) is 0.169. The summed E-state index contributed by atoms with van der Waals surface area (Å²) in [6.07, 6.45) is -2.83. The smallest absolute Gasteiger partial charge is 0.306 e. The van der Waals surface area contributed by atoms with Crippen molar-refractivity contribution in [2.75, 3.05) is 11.5 Å². The van der Waals surface area contributed by atoms with E-state index in [0.717, 1.165) is 0 Å². The van der Waals surface area contributed by atoms with Crippen LogP contribution in [-0.4, -0.2) is 60.2 Å². The maximum Gasteiger partial charge on any atom is 0.306 e. The molecule has 1 aliphatic heterocycles. The fraction of sp³-hybridized carbons (Fsp3) is 0.706. The normalized spacial score (nSPS) is 29.3. The third-order valence-electron chi connectivity index (χ3n) is 3.74. The van der Waals surface area contributed by atoms with Crippen LogP contribution in [0.4, 0.5) is 0 Å². The maximum absolute atomic E-state index is 12.2. The first-order valence-corrected chi connectivity index (χ1v) is 9.66. The molecule has 0 aromatic heterocycles. The average Bonchev–Trinajstić information content (AvgIpc) is 2.56. The monoisotopic (exact) mass is 484 g/mol. The van der Waals surface area contributed by atoms with Crippen LogP contribution in [0.15, 0.2) is 12.7 Å². The highest BCUT2D eigenvalue weighted by Gasteiger charge is 2.51. The van der Waals surface area contributed by atoms with Gasteiger partial charge in [-0.05, 0) is 5.92 Å². The summed E-state index contributed by atoms with van der Waals surface area (Å²) in [6, 6.07) is 0. The van der Waals surface area contributed by atoms with Crippen molar-refractivity contribution in [3.63, 3.8) is 0 Å². The van der Waals surface area contributed by atoms with Crippen molar-refractivity contribution < 1.29 is 38.1 Å². The number of allylic oxidation sites excluding steroid dienone is 1. The molecule has 0 bridgehead atoms.